The van der Waals surface area contributed by atoms with Gasteiger partial charge in [0.15, 0.2) is 5.16 Å². The molecule has 0 aliphatic heterocycles. The highest BCUT2D eigenvalue weighted by Gasteiger charge is 2.01. The summed E-state index contributed by atoms with van der Waals surface area (Å²) in [5, 5.41) is 0.954. The Kier molecular flexibility index (Phi) is 4.56. The average molecular weight is 254 g/mol. The Balaban J connectivity index is 1.85. The second-order valence-electron chi connectivity index (χ2n) is 3.24. The van der Waals surface area contributed by atoms with Crippen molar-refractivity contribution in [2.75, 3.05) is 24.7 Å². The highest BCUT2D eigenvalue weighted by atomic mass is 32.2. The molecule has 0 atom stereocenters. The van der Waals surface area contributed by atoms with Crippen molar-refractivity contribution in [1.29, 1.82) is 0 Å². The maximum atomic E-state index is 5.34. The molecule has 3 nitrogen and oxygen atoms in total. The first kappa shape index (κ1) is 11.8. The van der Waals surface area contributed by atoms with Crippen LogP contribution >= 0.6 is 24.4 Å². The molecule has 5 heteroatoms. The number of para-hydroxylation sites is 2. The Morgan fingerprint density at radius 1 is 1.31 bits per heavy atom. The number of imidazole rings is 1. The van der Waals surface area contributed by atoms with Crippen molar-refractivity contribution in [2.45, 2.75) is 5.16 Å². The predicted octanol–water partition coefficient (Wildman–Crippen LogP) is 2.60. The first-order valence-electron chi connectivity index (χ1n) is 5.16. The minimum atomic E-state index is 0.712. The molecule has 0 fully saturated rings. The quantitative estimate of drug-likeness (QED) is 0.473. The van der Waals surface area contributed by atoms with Crippen molar-refractivity contribution in [1.82, 2.24) is 9.97 Å². The van der Waals surface area contributed by atoms with E-state index in [1.54, 1.807) is 11.8 Å². The van der Waals surface area contributed by atoms with E-state index in [1.807, 2.05) is 24.3 Å². The van der Waals surface area contributed by atoms with Crippen LogP contribution in [-0.2, 0) is 4.74 Å². The van der Waals surface area contributed by atoms with Crippen LogP contribution in [-0.4, -0.2) is 34.7 Å². The number of nitrogens with zero attached hydrogens (tertiary/aromatic N) is 1. The summed E-state index contributed by atoms with van der Waals surface area (Å²) < 4.78 is 5.34. The lowest BCUT2D eigenvalue weighted by molar-refractivity contribution is 0.167. The van der Waals surface area contributed by atoms with Crippen LogP contribution in [0.25, 0.3) is 11.0 Å². The summed E-state index contributed by atoms with van der Waals surface area (Å²) >= 11 is 5.76. The number of ether oxygens (including phenoxy) is 1. The van der Waals surface area contributed by atoms with E-state index in [9.17, 15) is 0 Å². The van der Waals surface area contributed by atoms with Gasteiger partial charge in [-0.2, -0.15) is 12.6 Å². The standard InChI is InChI=1S/C11H14N2OS2/c15-7-5-14-6-8-16-11-12-9-3-1-2-4-10(9)13-11/h1-4,15H,5-8H2,(H,12,13). The molecule has 0 bridgehead atoms. The number of rotatable bonds is 6. The summed E-state index contributed by atoms with van der Waals surface area (Å²) in [6.07, 6.45) is 0. The molecular formula is C11H14N2OS2. The second-order valence-corrected chi connectivity index (χ2v) is 4.77. The molecule has 0 amide bonds. The number of aromatic nitrogens is 2. The zero-order valence-corrected chi connectivity index (χ0v) is 10.6. The van der Waals surface area contributed by atoms with Gasteiger partial charge in [0.1, 0.15) is 0 Å². The third-order valence-electron chi connectivity index (χ3n) is 2.07. The minimum Gasteiger partial charge on any atom is -0.380 e. The van der Waals surface area contributed by atoms with Gasteiger partial charge in [0, 0.05) is 11.5 Å². The number of benzene rings is 1. The molecule has 2 aromatic rings. The Labute approximate surface area is 104 Å². The Morgan fingerprint density at radius 3 is 3.00 bits per heavy atom. The fraction of sp³-hybridized carbons (Fsp3) is 0.364. The van der Waals surface area contributed by atoms with E-state index in [1.165, 1.54) is 0 Å². The summed E-state index contributed by atoms with van der Waals surface area (Å²) in [6, 6.07) is 8.04. The van der Waals surface area contributed by atoms with Gasteiger partial charge in [-0.15, -0.1) is 0 Å². The number of nitrogens with one attached hydrogen (secondary N) is 1. The van der Waals surface area contributed by atoms with Crippen LogP contribution in [0, 0.1) is 0 Å². The molecule has 0 aliphatic carbocycles. The smallest absolute Gasteiger partial charge is 0.166 e. The lowest BCUT2D eigenvalue weighted by Gasteiger charge is -1.99. The third-order valence-corrected chi connectivity index (χ3v) is 3.09. The van der Waals surface area contributed by atoms with E-state index in [0.29, 0.717) is 6.61 Å². The molecule has 86 valence electrons. The lowest BCUT2D eigenvalue weighted by atomic mass is 10.3. The molecule has 0 spiro atoms. The Hall–Kier alpha value is -0.650. The fourth-order valence-electron chi connectivity index (χ4n) is 1.36. The van der Waals surface area contributed by atoms with Crippen molar-refractivity contribution in [3.05, 3.63) is 24.3 Å². The van der Waals surface area contributed by atoms with Gasteiger partial charge in [-0.25, -0.2) is 4.98 Å². The van der Waals surface area contributed by atoms with Crippen LogP contribution in [0.1, 0.15) is 0 Å². The van der Waals surface area contributed by atoms with Gasteiger partial charge in [0.05, 0.1) is 24.2 Å². The molecule has 0 saturated carbocycles. The number of aromatic amines is 1. The number of hydrogen-bond donors (Lipinski definition) is 2. The number of thiol groups is 1. The molecule has 1 heterocycles. The van der Waals surface area contributed by atoms with Gasteiger partial charge in [0.25, 0.3) is 0 Å². The molecule has 16 heavy (non-hydrogen) atoms. The highest BCUT2D eigenvalue weighted by molar-refractivity contribution is 7.99. The molecule has 2 rings (SSSR count). The van der Waals surface area contributed by atoms with Gasteiger partial charge in [-0.1, -0.05) is 23.9 Å². The monoisotopic (exact) mass is 254 g/mol. The van der Waals surface area contributed by atoms with E-state index in [-0.39, 0.29) is 0 Å². The van der Waals surface area contributed by atoms with E-state index in [4.69, 9.17) is 4.74 Å². The van der Waals surface area contributed by atoms with Crippen molar-refractivity contribution < 1.29 is 4.74 Å². The van der Waals surface area contributed by atoms with Gasteiger partial charge in [0.2, 0.25) is 0 Å². The number of hydrogen-bond acceptors (Lipinski definition) is 4. The summed E-state index contributed by atoms with van der Waals surface area (Å²) in [7, 11) is 0. The maximum Gasteiger partial charge on any atom is 0.166 e. The fourth-order valence-corrected chi connectivity index (χ4v) is 2.23. The van der Waals surface area contributed by atoms with E-state index < -0.39 is 0 Å². The maximum absolute atomic E-state index is 5.34. The molecule has 0 unspecified atom stereocenters. The zero-order valence-electron chi connectivity index (χ0n) is 8.85. The van der Waals surface area contributed by atoms with Crippen LogP contribution in [0.2, 0.25) is 0 Å². The van der Waals surface area contributed by atoms with Crippen LogP contribution < -0.4 is 0 Å². The average Bonchev–Trinajstić information content (AvgIpc) is 2.71. The number of H-pyrrole nitrogens is 1. The van der Waals surface area contributed by atoms with E-state index >= 15 is 0 Å². The second kappa shape index (κ2) is 6.18. The molecule has 1 aromatic heterocycles. The number of thioether (sulfide) groups is 1. The van der Waals surface area contributed by atoms with Crippen molar-refractivity contribution in [2.24, 2.45) is 0 Å². The Bertz CT molecular complexity index is 411. The van der Waals surface area contributed by atoms with Gasteiger partial charge >= 0.3 is 0 Å². The van der Waals surface area contributed by atoms with E-state index in [0.717, 1.165) is 34.3 Å². The van der Waals surface area contributed by atoms with Gasteiger partial charge in [-0.3, -0.25) is 0 Å². The summed E-state index contributed by atoms with van der Waals surface area (Å²) in [5.74, 6) is 1.68. The summed E-state index contributed by atoms with van der Waals surface area (Å²) in [6.45, 7) is 1.45. The molecule has 0 saturated heterocycles. The molecule has 1 aromatic carbocycles. The van der Waals surface area contributed by atoms with Crippen molar-refractivity contribution in [3.8, 4) is 0 Å². The van der Waals surface area contributed by atoms with Crippen molar-refractivity contribution in [3.63, 3.8) is 0 Å². The van der Waals surface area contributed by atoms with Gasteiger partial charge in [-0.05, 0) is 12.1 Å². The molecule has 0 aliphatic rings. The third kappa shape index (κ3) is 3.17. The van der Waals surface area contributed by atoms with Crippen molar-refractivity contribution >= 4 is 35.4 Å². The normalized spacial score (nSPS) is 11.1. The van der Waals surface area contributed by atoms with Crippen LogP contribution in [0.4, 0.5) is 0 Å². The van der Waals surface area contributed by atoms with Crippen LogP contribution in [0.3, 0.4) is 0 Å². The number of fused-ring (bicyclic) bond motifs is 1. The lowest BCUT2D eigenvalue weighted by Crippen LogP contribution is -2.00. The first-order chi connectivity index (χ1) is 7.90. The highest BCUT2D eigenvalue weighted by Crippen LogP contribution is 2.18. The Morgan fingerprint density at radius 2 is 2.19 bits per heavy atom. The van der Waals surface area contributed by atoms with Gasteiger partial charge < -0.3 is 9.72 Å². The first-order valence-corrected chi connectivity index (χ1v) is 6.78. The molecule has 1 N–H and O–H groups in total. The zero-order chi connectivity index (χ0) is 11.2. The predicted molar refractivity (Wildman–Crippen MR) is 71.5 cm³/mol. The molecular weight excluding hydrogens is 240 g/mol. The summed E-state index contributed by atoms with van der Waals surface area (Å²) in [4.78, 5) is 7.73. The van der Waals surface area contributed by atoms with Crippen LogP contribution in [0.5, 0.6) is 0 Å². The SMILES string of the molecule is SCCOCCSc1nc2ccccc2[nH]1. The largest absolute Gasteiger partial charge is 0.380 e. The summed E-state index contributed by atoms with van der Waals surface area (Å²) in [5.41, 5.74) is 2.10. The molecule has 0 radical (unpaired) electrons. The topological polar surface area (TPSA) is 37.9 Å². The van der Waals surface area contributed by atoms with Crippen LogP contribution in [0.15, 0.2) is 29.4 Å². The van der Waals surface area contributed by atoms with E-state index in [2.05, 4.69) is 22.6 Å². The minimum absolute atomic E-state index is 0.712.